The average Bonchev–Trinajstić information content (AvgIpc) is 2.83. The van der Waals surface area contributed by atoms with Crippen molar-refractivity contribution >= 4 is 29.7 Å². The van der Waals surface area contributed by atoms with Crippen molar-refractivity contribution in [1.82, 2.24) is 16.0 Å². The molecule has 12 nitrogen and oxygen atoms in total. The normalized spacial score (nSPS) is 15.1. The van der Waals surface area contributed by atoms with Gasteiger partial charge in [0, 0.05) is 12.8 Å². The Hall–Kier alpha value is -3.51. The van der Waals surface area contributed by atoms with Crippen molar-refractivity contribution in [2.75, 3.05) is 6.61 Å². The number of hydrogen-bond acceptors (Lipinski definition) is 7. The maximum absolute atomic E-state index is 12.9. The van der Waals surface area contributed by atoms with Crippen LogP contribution in [0.4, 0.5) is 0 Å². The molecule has 12 heteroatoms. The zero-order chi connectivity index (χ0) is 26.5. The van der Waals surface area contributed by atoms with Gasteiger partial charge in [0.1, 0.15) is 18.1 Å². The molecule has 5 unspecified atom stereocenters. The number of nitrogens with two attached hydrogens (primary N) is 1. The van der Waals surface area contributed by atoms with Crippen molar-refractivity contribution < 1.29 is 39.3 Å². The summed E-state index contributed by atoms with van der Waals surface area (Å²) in [6.07, 6.45) is -0.244. The zero-order valence-electron chi connectivity index (χ0n) is 19.8. The molecule has 0 saturated carbocycles. The molecule has 0 heterocycles. The molecular formula is C23H34N4O8. The summed E-state index contributed by atoms with van der Waals surface area (Å²) in [6.45, 7) is 2.85. The Morgan fingerprint density at radius 1 is 0.886 bits per heavy atom. The number of nitrogens with one attached hydrogen (secondary N) is 3. The lowest BCUT2D eigenvalue weighted by molar-refractivity contribution is -0.143. The van der Waals surface area contributed by atoms with Crippen LogP contribution in [0, 0.1) is 5.92 Å². The van der Waals surface area contributed by atoms with E-state index in [1.54, 1.807) is 37.3 Å². The van der Waals surface area contributed by atoms with Crippen LogP contribution in [0.15, 0.2) is 30.3 Å². The van der Waals surface area contributed by atoms with E-state index >= 15 is 0 Å². The van der Waals surface area contributed by atoms with E-state index in [4.69, 9.17) is 10.8 Å². The van der Waals surface area contributed by atoms with E-state index in [0.717, 1.165) is 0 Å². The first-order chi connectivity index (χ1) is 16.5. The zero-order valence-corrected chi connectivity index (χ0v) is 19.8. The van der Waals surface area contributed by atoms with Crippen LogP contribution in [0.2, 0.25) is 0 Å². The minimum Gasteiger partial charge on any atom is -0.481 e. The van der Waals surface area contributed by atoms with Gasteiger partial charge in [-0.3, -0.25) is 19.2 Å². The first-order valence-electron chi connectivity index (χ1n) is 11.3. The number of amides is 3. The van der Waals surface area contributed by atoms with Crippen LogP contribution in [0.25, 0.3) is 0 Å². The van der Waals surface area contributed by atoms with E-state index < -0.39 is 66.9 Å². The summed E-state index contributed by atoms with van der Waals surface area (Å²) in [5.74, 6) is -5.20. The standard InChI is InChI=1S/C23H34N4O8/c1-3-13(2)19(24)22(33)27-17(12-28)21(32)26-16(11-14-7-5-4-6-8-14)20(31)25-15(23(34)35)9-10-18(29)30/h4-8,13,15-17,19,28H,3,9-12,24H2,1-2H3,(H,25,31)(H,26,32)(H,27,33)(H,29,30)(H,34,35). The number of hydrogen-bond donors (Lipinski definition) is 7. The highest BCUT2D eigenvalue weighted by atomic mass is 16.4. The van der Waals surface area contributed by atoms with Gasteiger partial charge in [0.2, 0.25) is 17.7 Å². The molecule has 0 aliphatic rings. The molecule has 35 heavy (non-hydrogen) atoms. The van der Waals surface area contributed by atoms with E-state index in [-0.39, 0.29) is 18.8 Å². The van der Waals surface area contributed by atoms with Gasteiger partial charge < -0.3 is 37.0 Å². The first-order valence-corrected chi connectivity index (χ1v) is 11.3. The summed E-state index contributed by atoms with van der Waals surface area (Å²) in [4.78, 5) is 60.4. The Morgan fingerprint density at radius 2 is 1.43 bits per heavy atom. The number of aliphatic carboxylic acids is 2. The van der Waals surface area contributed by atoms with E-state index in [2.05, 4.69) is 16.0 Å². The Bertz CT molecular complexity index is 880. The highest BCUT2D eigenvalue weighted by Crippen LogP contribution is 2.08. The van der Waals surface area contributed by atoms with Gasteiger partial charge in [-0.25, -0.2) is 4.79 Å². The number of carbonyl (C=O) groups excluding carboxylic acids is 3. The Balaban J connectivity index is 3.02. The lowest BCUT2D eigenvalue weighted by Gasteiger charge is -2.25. The van der Waals surface area contributed by atoms with E-state index in [1.807, 2.05) is 6.92 Å². The van der Waals surface area contributed by atoms with Crippen molar-refractivity contribution in [2.45, 2.75) is 63.7 Å². The Kier molecular flexibility index (Phi) is 12.4. The summed E-state index contributed by atoms with van der Waals surface area (Å²) in [6, 6.07) is 3.51. The second-order valence-electron chi connectivity index (χ2n) is 8.24. The third-order valence-corrected chi connectivity index (χ3v) is 5.55. The van der Waals surface area contributed by atoms with E-state index in [1.165, 1.54) is 0 Å². The lowest BCUT2D eigenvalue weighted by atomic mass is 9.99. The molecule has 194 valence electrons. The van der Waals surface area contributed by atoms with Crippen molar-refractivity contribution in [3.63, 3.8) is 0 Å². The molecule has 0 saturated heterocycles. The molecule has 0 fully saturated rings. The SMILES string of the molecule is CCC(C)C(N)C(=O)NC(CO)C(=O)NC(Cc1ccccc1)C(=O)NC(CCC(=O)O)C(=O)O. The van der Waals surface area contributed by atoms with Crippen LogP contribution in [0.1, 0.15) is 38.7 Å². The molecule has 0 aliphatic carbocycles. The summed E-state index contributed by atoms with van der Waals surface area (Å²) in [7, 11) is 0. The number of carbonyl (C=O) groups is 5. The Labute approximate surface area is 203 Å². The summed E-state index contributed by atoms with van der Waals surface area (Å²) in [5.41, 5.74) is 6.52. The smallest absolute Gasteiger partial charge is 0.326 e. The second-order valence-corrected chi connectivity index (χ2v) is 8.24. The van der Waals surface area contributed by atoms with Gasteiger partial charge >= 0.3 is 11.9 Å². The molecule has 0 spiro atoms. The number of carboxylic acids is 2. The molecule has 3 amide bonds. The molecule has 0 aliphatic heterocycles. The third-order valence-electron chi connectivity index (χ3n) is 5.55. The largest absolute Gasteiger partial charge is 0.481 e. The van der Waals surface area contributed by atoms with Crippen LogP contribution < -0.4 is 21.7 Å². The average molecular weight is 495 g/mol. The molecular weight excluding hydrogens is 460 g/mol. The fourth-order valence-electron chi connectivity index (χ4n) is 3.10. The molecule has 1 aromatic carbocycles. The number of aliphatic hydroxyl groups is 1. The quantitative estimate of drug-likeness (QED) is 0.159. The van der Waals surface area contributed by atoms with Gasteiger partial charge in [0.25, 0.3) is 0 Å². The second kappa shape index (κ2) is 14.7. The summed E-state index contributed by atoms with van der Waals surface area (Å²) in [5, 5.41) is 34.9. The van der Waals surface area contributed by atoms with Crippen molar-refractivity contribution in [1.29, 1.82) is 0 Å². The van der Waals surface area contributed by atoms with E-state index in [9.17, 15) is 34.2 Å². The highest BCUT2D eigenvalue weighted by molar-refractivity contribution is 5.94. The van der Waals surface area contributed by atoms with Gasteiger partial charge in [-0.2, -0.15) is 0 Å². The number of aliphatic hydroxyl groups excluding tert-OH is 1. The van der Waals surface area contributed by atoms with Gasteiger partial charge in [0.15, 0.2) is 0 Å². The van der Waals surface area contributed by atoms with Crippen LogP contribution >= 0.6 is 0 Å². The minimum atomic E-state index is -1.49. The fourth-order valence-corrected chi connectivity index (χ4v) is 3.10. The first kappa shape index (κ1) is 29.5. The minimum absolute atomic E-state index is 0.0256. The van der Waals surface area contributed by atoms with Crippen LogP contribution in [0.5, 0.6) is 0 Å². The van der Waals surface area contributed by atoms with Gasteiger partial charge in [0.05, 0.1) is 12.6 Å². The van der Waals surface area contributed by atoms with Crippen molar-refractivity contribution in [3.8, 4) is 0 Å². The van der Waals surface area contributed by atoms with Crippen LogP contribution in [0.3, 0.4) is 0 Å². The third kappa shape index (κ3) is 10.1. The number of benzene rings is 1. The topological polar surface area (TPSA) is 208 Å². The molecule has 5 atom stereocenters. The lowest BCUT2D eigenvalue weighted by Crippen LogP contribution is -2.59. The van der Waals surface area contributed by atoms with E-state index in [0.29, 0.717) is 12.0 Å². The molecule has 0 radical (unpaired) electrons. The molecule has 1 aromatic rings. The predicted molar refractivity (Wildman–Crippen MR) is 125 cm³/mol. The highest BCUT2D eigenvalue weighted by Gasteiger charge is 2.31. The van der Waals surface area contributed by atoms with Crippen molar-refractivity contribution in [3.05, 3.63) is 35.9 Å². The molecule has 0 aromatic heterocycles. The van der Waals surface area contributed by atoms with Gasteiger partial charge in [-0.05, 0) is 17.9 Å². The summed E-state index contributed by atoms with van der Waals surface area (Å²) < 4.78 is 0. The number of carboxylic acid groups (broad SMARTS) is 2. The molecule has 1 rings (SSSR count). The fraction of sp³-hybridized carbons (Fsp3) is 0.522. The van der Waals surface area contributed by atoms with Crippen LogP contribution in [-0.4, -0.2) is 75.8 Å². The molecule has 8 N–H and O–H groups in total. The molecule has 0 bridgehead atoms. The van der Waals surface area contributed by atoms with Crippen molar-refractivity contribution in [2.24, 2.45) is 11.7 Å². The van der Waals surface area contributed by atoms with Crippen LogP contribution in [-0.2, 0) is 30.4 Å². The van der Waals surface area contributed by atoms with Gasteiger partial charge in [-0.15, -0.1) is 0 Å². The monoisotopic (exact) mass is 494 g/mol. The maximum Gasteiger partial charge on any atom is 0.326 e. The van der Waals surface area contributed by atoms with Gasteiger partial charge in [-0.1, -0.05) is 50.6 Å². The summed E-state index contributed by atoms with van der Waals surface area (Å²) >= 11 is 0. The Morgan fingerprint density at radius 3 is 1.94 bits per heavy atom. The predicted octanol–water partition coefficient (Wildman–Crippen LogP) is -1.00. The number of rotatable bonds is 15. The maximum atomic E-state index is 12.9.